The number of rotatable bonds is 3. The third-order valence-electron chi connectivity index (χ3n) is 6.70. The highest BCUT2D eigenvalue weighted by Gasteiger charge is 2.10. The quantitative estimate of drug-likeness (QED) is 0.249. The van der Waals surface area contributed by atoms with Crippen molar-refractivity contribution in [2.24, 2.45) is 0 Å². The molecule has 3 nitrogen and oxygen atoms in total. The molecule has 3 aromatic heterocycles. The third-order valence-corrected chi connectivity index (χ3v) is 6.70. The van der Waals surface area contributed by atoms with Crippen LogP contribution in [0.15, 0.2) is 128 Å². The monoisotopic (exact) mass is 459 g/mol. The van der Waals surface area contributed by atoms with Gasteiger partial charge in [0.25, 0.3) is 0 Å². The summed E-state index contributed by atoms with van der Waals surface area (Å²) >= 11 is 0. The first kappa shape index (κ1) is 20.5. The van der Waals surface area contributed by atoms with Crippen molar-refractivity contribution in [3.63, 3.8) is 0 Å². The summed E-state index contributed by atoms with van der Waals surface area (Å²) in [6, 6.07) is 41.9. The fourth-order valence-corrected chi connectivity index (χ4v) is 4.77. The Labute approximate surface area is 208 Å². The molecule has 0 saturated heterocycles. The fraction of sp³-hybridized carbons (Fsp3) is 0. The molecule has 0 atom stereocenters. The van der Waals surface area contributed by atoms with E-state index in [9.17, 15) is 0 Å². The number of nitrogens with zero attached hydrogens (tertiary/aromatic N) is 3. The lowest BCUT2D eigenvalue weighted by Crippen LogP contribution is -1.92. The van der Waals surface area contributed by atoms with Gasteiger partial charge in [-0.25, -0.2) is 9.97 Å². The molecule has 3 heterocycles. The van der Waals surface area contributed by atoms with Crippen molar-refractivity contribution in [1.29, 1.82) is 0 Å². The summed E-state index contributed by atoms with van der Waals surface area (Å²) in [6.45, 7) is 0. The minimum absolute atomic E-state index is 0.840. The second-order valence-electron chi connectivity index (χ2n) is 8.96. The molecule has 0 aliphatic carbocycles. The molecule has 7 aromatic rings. The highest BCUT2D eigenvalue weighted by molar-refractivity contribution is 6.04. The molecule has 0 aliphatic heterocycles. The lowest BCUT2D eigenvalue weighted by Gasteiger charge is -2.08. The van der Waals surface area contributed by atoms with Crippen LogP contribution in [0.5, 0.6) is 0 Å². The Hall–Kier alpha value is -4.89. The maximum absolute atomic E-state index is 5.03. The van der Waals surface area contributed by atoms with Crippen LogP contribution in [0.4, 0.5) is 0 Å². The second-order valence-corrected chi connectivity index (χ2v) is 8.96. The zero-order valence-electron chi connectivity index (χ0n) is 19.5. The summed E-state index contributed by atoms with van der Waals surface area (Å²) in [5, 5.41) is 4.61. The Morgan fingerprint density at radius 2 is 0.944 bits per heavy atom. The van der Waals surface area contributed by atoms with Crippen molar-refractivity contribution in [1.82, 2.24) is 15.0 Å². The van der Waals surface area contributed by atoms with E-state index in [1.165, 1.54) is 10.8 Å². The van der Waals surface area contributed by atoms with Gasteiger partial charge >= 0.3 is 0 Å². The first-order valence-corrected chi connectivity index (χ1v) is 12.0. The number of fused-ring (bicyclic) bond motifs is 4. The molecule has 3 heteroatoms. The van der Waals surface area contributed by atoms with Crippen molar-refractivity contribution >= 4 is 32.6 Å². The summed E-state index contributed by atoms with van der Waals surface area (Å²) < 4.78 is 0. The number of hydrogen-bond acceptors (Lipinski definition) is 3. The molecular formula is C33H21N3. The summed E-state index contributed by atoms with van der Waals surface area (Å²) in [6.07, 6.45) is 1.93. The van der Waals surface area contributed by atoms with E-state index in [0.29, 0.717) is 0 Å². The largest absolute Gasteiger partial charge is 0.254 e. The predicted molar refractivity (Wildman–Crippen MR) is 149 cm³/mol. The van der Waals surface area contributed by atoms with Crippen molar-refractivity contribution in [3.8, 4) is 33.8 Å². The molecule has 0 N–H and O–H groups in total. The highest BCUT2D eigenvalue weighted by Crippen LogP contribution is 2.29. The van der Waals surface area contributed by atoms with Crippen LogP contribution in [-0.2, 0) is 0 Å². The lowest BCUT2D eigenvalue weighted by molar-refractivity contribution is 1.27. The van der Waals surface area contributed by atoms with E-state index in [2.05, 4.69) is 91.0 Å². The van der Waals surface area contributed by atoms with E-state index in [4.69, 9.17) is 15.0 Å². The van der Waals surface area contributed by atoms with Crippen molar-refractivity contribution in [2.45, 2.75) is 0 Å². The Kier molecular flexibility index (Phi) is 4.78. The number of aromatic nitrogens is 3. The van der Waals surface area contributed by atoms with E-state index in [1.54, 1.807) is 0 Å². The molecule has 0 aliphatic rings. The zero-order valence-corrected chi connectivity index (χ0v) is 19.5. The SMILES string of the molecule is c1ccc(-c2ccc3ccc4ccc(-c5ccc(-c6ccc7ccccc7c6)cn5)nc4c3n2)cc1. The van der Waals surface area contributed by atoms with Crippen LogP contribution >= 0.6 is 0 Å². The first-order chi connectivity index (χ1) is 17.8. The highest BCUT2D eigenvalue weighted by atomic mass is 14.8. The smallest absolute Gasteiger partial charge is 0.0973 e. The summed E-state index contributed by atoms with van der Waals surface area (Å²) in [5.74, 6) is 0. The van der Waals surface area contributed by atoms with Crippen LogP contribution < -0.4 is 0 Å². The summed E-state index contributed by atoms with van der Waals surface area (Å²) in [7, 11) is 0. The molecule has 0 radical (unpaired) electrons. The maximum atomic E-state index is 5.03. The Morgan fingerprint density at radius 3 is 1.69 bits per heavy atom. The number of benzene rings is 4. The molecule has 0 fully saturated rings. The van der Waals surface area contributed by atoms with Gasteiger partial charge in [-0.15, -0.1) is 0 Å². The summed E-state index contributed by atoms with van der Waals surface area (Å²) in [5.41, 5.74) is 7.77. The molecule has 4 aromatic carbocycles. The predicted octanol–water partition coefficient (Wildman–Crippen LogP) is 8.33. The zero-order chi connectivity index (χ0) is 23.9. The van der Waals surface area contributed by atoms with Crippen LogP contribution in [0.3, 0.4) is 0 Å². The molecule has 0 spiro atoms. The Bertz CT molecular complexity index is 1870. The van der Waals surface area contributed by atoms with E-state index in [-0.39, 0.29) is 0 Å². The van der Waals surface area contributed by atoms with Gasteiger partial charge in [0.2, 0.25) is 0 Å². The van der Waals surface area contributed by atoms with Crippen molar-refractivity contribution < 1.29 is 0 Å². The molecule has 7 rings (SSSR count). The van der Waals surface area contributed by atoms with Crippen LogP contribution in [0, 0.1) is 0 Å². The average molecular weight is 460 g/mol. The van der Waals surface area contributed by atoms with Crippen LogP contribution in [0.2, 0.25) is 0 Å². The molecule has 0 bridgehead atoms. The Morgan fingerprint density at radius 1 is 0.361 bits per heavy atom. The lowest BCUT2D eigenvalue weighted by atomic mass is 10.0. The standard InChI is InChI=1S/C33H21N3/c1-2-7-23(8-3-1)29-17-14-24-11-12-25-15-19-31(36-33(25)32(24)35-29)30-18-16-28(21-34-30)27-13-10-22-6-4-5-9-26(22)20-27/h1-21H. The number of hydrogen-bond donors (Lipinski definition) is 0. The molecule has 36 heavy (non-hydrogen) atoms. The van der Waals surface area contributed by atoms with Crippen LogP contribution in [0.25, 0.3) is 66.4 Å². The van der Waals surface area contributed by atoms with Gasteiger partial charge in [-0.3, -0.25) is 4.98 Å². The number of pyridine rings is 3. The van der Waals surface area contributed by atoms with Gasteiger partial charge < -0.3 is 0 Å². The minimum atomic E-state index is 0.840. The summed E-state index contributed by atoms with van der Waals surface area (Å²) in [4.78, 5) is 14.8. The van der Waals surface area contributed by atoms with Gasteiger partial charge in [-0.05, 0) is 40.6 Å². The van der Waals surface area contributed by atoms with Gasteiger partial charge in [0.15, 0.2) is 0 Å². The fourth-order valence-electron chi connectivity index (χ4n) is 4.77. The van der Waals surface area contributed by atoms with Gasteiger partial charge in [0.1, 0.15) is 0 Å². The normalized spacial score (nSPS) is 11.3. The van der Waals surface area contributed by atoms with Crippen LogP contribution in [-0.4, -0.2) is 15.0 Å². The van der Waals surface area contributed by atoms with E-state index in [1.807, 2.05) is 36.5 Å². The Balaban J connectivity index is 1.30. The third kappa shape index (κ3) is 3.58. The molecule has 0 saturated carbocycles. The second kappa shape index (κ2) is 8.40. The van der Waals surface area contributed by atoms with Gasteiger partial charge in [-0.1, -0.05) is 97.1 Å². The molecule has 0 unspecified atom stereocenters. The average Bonchev–Trinajstić information content (AvgIpc) is 2.97. The first-order valence-electron chi connectivity index (χ1n) is 12.0. The van der Waals surface area contributed by atoms with E-state index < -0.39 is 0 Å². The topological polar surface area (TPSA) is 38.7 Å². The van der Waals surface area contributed by atoms with Gasteiger partial charge in [-0.2, -0.15) is 0 Å². The minimum Gasteiger partial charge on any atom is -0.254 e. The maximum Gasteiger partial charge on any atom is 0.0973 e. The van der Waals surface area contributed by atoms with E-state index >= 15 is 0 Å². The van der Waals surface area contributed by atoms with Crippen molar-refractivity contribution in [3.05, 3.63) is 128 Å². The van der Waals surface area contributed by atoms with Crippen molar-refractivity contribution in [2.75, 3.05) is 0 Å². The van der Waals surface area contributed by atoms with Crippen LogP contribution in [0.1, 0.15) is 0 Å². The van der Waals surface area contributed by atoms with Gasteiger partial charge in [0, 0.05) is 28.1 Å². The molecule has 0 amide bonds. The molecule has 168 valence electrons. The molecular weight excluding hydrogens is 438 g/mol. The van der Waals surface area contributed by atoms with E-state index in [0.717, 1.165) is 55.6 Å². The van der Waals surface area contributed by atoms with Gasteiger partial charge in [0.05, 0.1) is 28.1 Å².